The van der Waals surface area contributed by atoms with Crippen LogP contribution in [0.1, 0.15) is 29.0 Å². The largest absolute Gasteiger partial charge is 0.508 e. The number of aromatic hydroxyl groups is 1. The van der Waals surface area contributed by atoms with Gasteiger partial charge in [-0.3, -0.25) is 10.2 Å². The number of nitrogens with one attached hydrogen (secondary N) is 3. The van der Waals surface area contributed by atoms with Crippen LogP contribution in [0.4, 0.5) is 5.69 Å². The number of nitrogens with two attached hydrogens (primary N) is 2. The molecule has 8 nitrogen and oxygen atoms in total. The lowest BCUT2D eigenvalue weighted by molar-refractivity contribution is 0.102. The molecule has 3 aromatic rings. The number of hydrogen-bond donors (Lipinski definition) is 6. The fourth-order valence-corrected chi connectivity index (χ4v) is 2.54. The van der Waals surface area contributed by atoms with E-state index in [0.29, 0.717) is 11.4 Å². The number of aromatic nitrogens is 1. The Morgan fingerprint density at radius 3 is 2.58 bits per heavy atom. The molecule has 1 unspecified atom stereocenters. The molecule has 0 aliphatic heterocycles. The Hall–Kier alpha value is -3.68. The van der Waals surface area contributed by atoms with Crippen LogP contribution in [0.2, 0.25) is 0 Å². The molecule has 0 saturated carbocycles. The number of carbonyl (C=O) groups is 1. The van der Waals surface area contributed by atoms with E-state index in [2.05, 4.69) is 20.8 Å². The maximum Gasteiger partial charge on any atom is 0.272 e. The lowest BCUT2D eigenvalue weighted by atomic mass is 10.1. The first kappa shape index (κ1) is 17.2. The lowest BCUT2D eigenvalue weighted by Gasteiger charge is -2.12. The third-order valence-corrected chi connectivity index (χ3v) is 3.90. The minimum absolute atomic E-state index is 0.0348. The van der Waals surface area contributed by atoms with Crippen molar-refractivity contribution < 1.29 is 9.90 Å². The molecule has 134 valence electrons. The van der Waals surface area contributed by atoms with Gasteiger partial charge in [0.05, 0.1) is 6.04 Å². The van der Waals surface area contributed by atoms with Crippen LogP contribution in [0.5, 0.6) is 5.75 Å². The van der Waals surface area contributed by atoms with Crippen LogP contribution < -0.4 is 22.2 Å². The first-order valence-corrected chi connectivity index (χ1v) is 7.99. The Kier molecular flexibility index (Phi) is 4.66. The highest BCUT2D eigenvalue weighted by molar-refractivity contribution is 6.06. The molecule has 3 rings (SSSR count). The summed E-state index contributed by atoms with van der Waals surface area (Å²) in [4.78, 5) is 15.4. The van der Waals surface area contributed by atoms with Gasteiger partial charge in [0, 0.05) is 16.6 Å². The number of anilines is 1. The molecule has 1 aromatic heterocycles. The molecule has 0 aliphatic carbocycles. The van der Waals surface area contributed by atoms with E-state index in [1.165, 1.54) is 0 Å². The Morgan fingerprint density at radius 2 is 1.88 bits per heavy atom. The Morgan fingerprint density at radius 1 is 1.15 bits per heavy atom. The normalized spacial score (nSPS) is 11.7. The summed E-state index contributed by atoms with van der Waals surface area (Å²) in [6, 6.07) is 13.9. The van der Waals surface area contributed by atoms with Gasteiger partial charge in [0.25, 0.3) is 5.91 Å². The van der Waals surface area contributed by atoms with Crippen molar-refractivity contribution in [2.45, 2.75) is 13.0 Å². The summed E-state index contributed by atoms with van der Waals surface area (Å²) in [6.45, 7) is 1.92. The zero-order valence-corrected chi connectivity index (χ0v) is 14.2. The van der Waals surface area contributed by atoms with Crippen LogP contribution in [0.15, 0.2) is 53.6 Å². The second-order valence-electron chi connectivity index (χ2n) is 5.92. The Bertz CT molecular complexity index is 957. The Labute approximate surface area is 149 Å². The number of hydrazone groups is 1. The average molecular weight is 352 g/mol. The van der Waals surface area contributed by atoms with Gasteiger partial charge < -0.3 is 26.9 Å². The highest BCUT2D eigenvalue weighted by atomic mass is 16.3. The number of fused-ring (bicyclic) bond motifs is 1. The first-order valence-electron chi connectivity index (χ1n) is 7.99. The summed E-state index contributed by atoms with van der Waals surface area (Å²) >= 11 is 0. The summed E-state index contributed by atoms with van der Waals surface area (Å²) < 4.78 is 0. The quantitative estimate of drug-likeness (QED) is 0.236. The minimum Gasteiger partial charge on any atom is -0.508 e. The molecule has 1 heterocycles. The molecule has 0 spiro atoms. The molecule has 0 bridgehead atoms. The van der Waals surface area contributed by atoms with Crippen molar-refractivity contribution in [2.24, 2.45) is 16.6 Å². The van der Waals surface area contributed by atoms with E-state index in [1.807, 2.05) is 19.1 Å². The number of guanidine groups is 1. The standard InChI is InChI=1S/C18H20N6O2/c1-10(23-24-18(19)20)11-2-4-13(5-3-11)21-17(26)16-9-12-8-14(25)6-7-15(12)22-16/h2-10,22-23,25H,1H3,(H,21,26)(H4,19,20,24). The molecule has 1 amide bonds. The van der Waals surface area contributed by atoms with Gasteiger partial charge in [-0.2, -0.15) is 0 Å². The van der Waals surface area contributed by atoms with Crippen molar-refractivity contribution in [1.29, 1.82) is 0 Å². The topological polar surface area (TPSA) is 142 Å². The summed E-state index contributed by atoms with van der Waals surface area (Å²) in [6.07, 6.45) is 0. The minimum atomic E-state index is -0.264. The van der Waals surface area contributed by atoms with Crippen LogP contribution in [-0.2, 0) is 0 Å². The van der Waals surface area contributed by atoms with E-state index < -0.39 is 0 Å². The van der Waals surface area contributed by atoms with Crippen molar-refractivity contribution in [2.75, 3.05) is 5.32 Å². The lowest BCUT2D eigenvalue weighted by Crippen LogP contribution is -2.27. The molecule has 0 saturated heterocycles. The summed E-state index contributed by atoms with van der Waals surface area (Å²) in [7, 11) is 0. The molecule has 26 heavy (non-hydrogen) atoms. The highest BCUT2D eigenvalue weighted by Gasteiger charge is 2.11. The number of nitrogens with zero attached hydrogens (tertiary/aromatic N) is 1. The van der Waals surface area contributed by atoms with E-state index in [-0.39, 0.29) is 23.7 Å². The average Bonchev–Trinajstić information content (AvgIpc) is 3.03. The summed E-state index contributed by atoms with van der Waals surface area (Å²) in [5, 5.41) is 16.9. The van der Waals surface area contributed by atoms with E-state index in [9.17, 15) is 9.90 Å². The monoisotopic (exact) mass is 352 g/mol. The summed E-state index contributed by atoms with van der Waals surface area (Å²) in [5.74, 6) is -0.144. The van der Waals surface area contributed by atoms with E-state index in [0.717, 1.165) is 16.5 Å². The van der Waals surface area contributed by atoms with Gasteiger partial charge in [0.1, 0.15) is 11.4 Å². The highest BCUT2D eigenvalue weighted by Crippen LogP contribution is 2.22. The maximum atomic E-state index is 12.4. The van der Waals surface area contributed by atoms with Crippen molar-refractivity contribution in [3.05, 3.63) is 59.8 Å². The van der Waals surface area contributed by atoms with Gasteiger partial charge >= 0.3 is 0 Å². The number of carbonyl (C=O) groups excluding carboxylic acids is 1. The van der Waals surface area contributed by atoms with E-state index in [1.54, 1.807) is 36.4 Å². The van der Waals surface area contributed by atoms with E-state index in [4.69, 9.17) is 11.5 Å². The predicted molar refractivity (Wildman–Crippen MR) is 102 cm³/mol. The van der Waals surface area contributed by atoms with Crippen LogP contribution in [0.25, 0.3) is 10.9 Å². The zero-order valence-electron chi connectivity index (χ0n) is 14.2. The molecule has 8 heteroatoms. The number of amides is 1. The van der Waals surface area contributed by atoms with Gasteiger partial charge in [-0.15, -0.1) is 5.10 Å². The van der Waals surface area contributed by atoms with Crippen LogP contribution in [0, 0.1) is 0 Å². The number of phenolic OH excluding ortho intramolecular Hbond substituents is 1. The second-order valence-corrected chi connectivity index (χ2v) is 5.92. The molecule has 2 aromatic carbocycles. The fourth-order valence-electron chi connectivity index (χ4n) is 2.54. The number of hydrogen-bond acceptors (Lipinski definition) is 4. The SMILES string of the molecule is CC(NN=C(N)N)c1ccc(NC(=O)c2cc3cc(O)ccc3[nH]2)cc1. The van der Waals surface area contributed by atoms with E-state index >= 15 is 0 Å². The zero-order chi connectivity index (χ0) is 18.7. The number of rotatable bonds is 5. The van der Waals surface area contributed by atoms with Gasteiger partial charge in [-0.1, -0.05) is 12.1 Å². The number of phenols is 1. The molecular weight excluding hydrogens is 332 g/mol. The molecule has 8 N–H and O–H groups in total. The maximum absolute atomic E-state index is 12.4. The van der Waals surface area contributed by atoms with Crippen molar-refractivity contribution in [3.63, 3.8) is 0 Å². The Balaban J connectivity index is 1.69. The number of benzene rings is 2. The number of H-pyrrole nitrogens is 1. The van der Waals surface area contributed by atoms with Gasteiger partial charge in [-0.25, -0.2) is 0 Å². The fraction of sp³-hybridized carbons (Fsp3) is 0.111. The molecule has 0 aliphatic rings. The molecular formula is C18H20N6O2. The summed E-state index contributed by atoms with van der Waals surface area (Å²) in [5.41, 5.74) is 16.2. The smallest absolute Gasteiger partial charge is 0.272 e. The molecule has 1 atom stereocenters. The number of aromatic amines is 1. The third-order valence-electron chi connectivity index (χ3n) is 3.90. The van der Waals surface area contributed by atoms with Crippen LogP contribution >= 0.6 is 0 Å². The first-order chi connectivity index (χ1) is 12.4. The molecule has 0 fully saturated rings. The van der Waals surface area contributed by atoms with Crippen molar-refractivity contribution in [1.82, 2.24) is 10.4 Å². The van der Waals surface area contributed by atoms with Gasteiger partial charge in [0.15, 0.2) is 0 Å². The molecule has 0 radical (unpaired) electrons. The van der Waals surface area contributed by atoms with Gasteiger partial charge in [-0.05, 0) is 48.9 Å². The third kappa shape index (κ3) is 3.86. The van der Waals surface area contributed by atoms with Crippen molar-refractivity contribution in [3.8, 4) is 5.75 Å². The van der Waals surface area contributed by atoms with Crippen LogP contribution in [-0.4, -0.2) is 22.0 Å². The predicted octanol–water partition coefficient (Wildman–Crippen LogP) is 1.96. The second kappa shape index (κ2) is 7.06. The van der Waals surface area contributed by atoms with Gasteiger partial charge in [0.2, 0.25) is 5.96 Å². The van der Waals surface area contributed by atoms with Crippen LogP contribution in [0.3, 0.4) is 0 Å². The van der Waals surface area contributed by atoms with Crippen molar-refractivity contribution >= 4 is 28.5 Å².